The summed E-state index contributed by atoms with van der Waals surface area (Å²) in [5.74, 6) is -0.248. The van der Waals surface area contributed by atoms with E-state index in [0.717, 1.165) is 64.2 Å². The van der Waals surface area contributed by atoms with Crippen molar-refractivity contribution >= 4 is 5.91 Å². The zero-order chi connectivity index (χ0) is 65.9. The molecule has 1 amide bonds. The summed E-state index contributed by atoms with van der Waals surface area (Å²) in [4.78, 5) is 13.4. The van der Waals surface area contributed by atoms with E-state index in [2.05, 4.69) is 92.1 Å². The van der Waals surface area contributed by atoms with Crippen LogP contribution in [-0.2, 0) is 23.7 Å². The fraction of sp³-hybridized carbons (Fsp3) is 0.805. The quantitative estimate of drug-likeness (QED) is 0.0204. The molecule has 2 heterocycles. The van der Waals surface area contributed by atoms with Gasteiger partial charge in [0.05, 0.1) is 32.0 Å². The summed E-state index contributed by atoms with van der Waals surface area (Å²) in [5, 5.41) is 87.5. The predicted octanol–water partition coefficient (Wildman–Crippen LogP) is 16.0. The van der Waals surface area contributed by atoms with Crippen molar-refractivity contribution < 1.29 is 64.6 Å². The fourth-order valence-electron chi connectivity index (χ4n) is 11.9. The van der Waals surface area contributed by atoms with Crippen LogP contribution in [-0.4, -0.2) is 140 Å². The Hall–Kier alpha value is -2.83. The van der Waals surface area contributed by atoms with E-state index in [1.807, 2.05) is 6.08 Å². The van der Waals surface area contributed by atoms with Gasteiger partial charge in [0.2, 0.25) is 5.91 Å². The van der Waals surface area contributed by atoms with Crippen LogP contribution in [0, 0.1) is 0 Å². The molecule has 528 valence electrons. The third-order valence-corrected chi connectivity index (χ3v) is 17.8. The van der Waals surface area contributed by atoms with Gasteiger partial charge in [0.15, 0.2) is 12.6 Å². The average molecular weight is 1280 g/mol. The van der Waals surface area contributed by atoms with Crippen molar-refractivity contribution in [1.82, 2.24) is 5.32 Å². The molecular weight excluding hydrogens is 1150 g/mol. The summed E-state index contributed by atoms with van der Waals surface area (Å²) < 4.78 is 22.9. The number of carbonyl (C=O) groups is 1. The number of allylic oxidation sites excluding steroid dienone is 13. The predicted molar refractivity (Wildman–Crippen MR) is 373 cm³/mol. The standard InChI is InChI=1S/C77H137NO13/c1-3-5-7-9-11-13-15-17-19-21-23-25-27-29-31-32-33-34-35-37-39-41-43-45-47-49-51-53-55-57-59-61-69(82)78-65(64-88-76-74(87)72(85)75(68(63-80)90-76)91-77-73(86)71(84)70(83)67(62-79)89-77)66(81)60-58-56-54-52-50-48-46-44-42-40-38-36-30-28-26-24-22-20-18-16-14-12-10-8-6-4-2/h5,7,11,13,17,19,23,25,29,31,50,52,58,60,65-68,70-77,79-81,83-87H,3-4,6,8-10,12,14-16,18,20-22,24,26-28,30,32-49,51,53-57,59,61-64H2,1-2H3,(H,78,82)/b7-5-,13-11-,19-17-,25-23-,31-29-,52-50+,60-58+. The highest BCUT2D eigenvalue weighted by Crippen LogP contribution is 2.30. The Labute approximate surface area is 554 Å². The van der Waals surface area contributed by atoms with Gasteiger partial charge in [-0.1, -0.05) is 304 Å². The molecule has 12 unspecified atom stereocenters. The summed E-state index contributed by atoms with van der Waals surface area (Å²) in [6.07, 6.45) is 67.9. The average Bonchev–Trinajstić information content (AvgIpc) is 1.25. The topological polar surface area (TPSA) is 228 Å². The molecule has 0 aromatic heterocycles. The molecule has 9 N–H and O–H groups in total. The monoisotopic (exact) mass is 1280 g/mol. The molecule has 2 aliphatic rings. The number of amides is 1. The second-order valence-electron chi connectivity index (χ2n) is 26.0. The first kappa shape index (κ1) is 84.3. The van der Waals surface area contributed by atoms with Gasteiger partial charge in [-0.3, -0.25) is 4.79 Å². The fourth-order valence-corrected chi connectivity index (χ4v) is 11.9. The molecular formula is C77H137NO13. The Bertz CT molecular complexity index is 1850. The maximum atomic E-state index is 13.4. The van der Waals surface area contributed by atoms with Crippen LogP contribution in [0.1, 0.15) is 303 Å². The molecule has 0 radical (unpaired) electrons. The highest BCUT2D eigenvalue weighted by molar-refractivity contribution is 5.76. The highest BCUT2D eigenvalue weighted by atomic mass is 16.7. The number of hydrogen-bond donors (Lipinski definition) is 9. The molecule has 2 saturated heterocycles. The van der Waals surface area contributed by atoms with Gasteiger partial charge in [-0.05, 0) is 77.0 Å². The van der Waals surface area contributed by atoms with Gasteiger partial charge in [0.1, 0.15) is 48.8 Å². The Balaban J connectivity index is 1.67. The Morgan fingerprint density at radius 1 is 0.407 bits per heavy atom. The molecule has 91 heavy (non-hydrogen) atoms. The summed E-state index contributed by atoms with van der Waals surface area (Å²) in [6.45, 7) is 2.70. The Morgan fingerprint density at radius 3 is 1.21 bits per heavy atom. The molecule has 0 saturated carbocycles. The minimum atomic E-state index is -1.79. The third kappa shape index (κ3) is 44.5. The van der Waals surface area contributed by atoms with Gasteiger partial charge in [0, 0.05) is 6.42 Å². The first-order chi connectivity index (χ1) is 44.6. The number of unbranched alkanes of at least 4 members (excludes halogenated alkanes) is 36. The van der Waals surface area contributed by atoms with Crippen molar-refractivity contribution in [2.24, 2.45) is 0 Å². The van der Waals surface area contributed by atoms with Crippen molar-refractivity contribution in [3.63, 3.8) is 0 Å². The van der Waals surface area contributed by atoms with Crippen LogP contribution in [0.15, 0.2) is 85.1 Å². The zero-order valence-electron chi connectivity index (χ0n) is 57.6. The normalized spacial score (nSPS) is 23.3. The number of nitrogens with one attached hydrogen (secondary N) is 1. The lowest BCUT2D eigenvalue weighted by Crippen LogP contribution is -2.65. The minimum absolute atomic E-state index is 0.248. The van der Waals surface area contributed by atoms with E-state index in [1.54, 1.807) is 6.08 Å². The molecule has 2 rings (SSSR count). The van der Waals surface area contributed by atoms with E-state index >= 15 is 0 Å². The number of hydrogen-bond acceptors (Lipinski definition) is 13. The van der Waals surface area contributed by atoms with Gasteiger partial charge in [-0.25, -0.2) is 0 Å². The highest BCUT2D eigenvalue weighted by Gasteiger charge is 2.51. The minimum Gasteiger partial charge on any atom is -0.394 e. The van der Waals surface area contributed by atoms with Crippen molar-refractivity contribution in [3.8, 4) is 0 Å². The first-order valence-corrected chi connectivity index (χ1v) is 37.3. The SMILES string of the molecule is CC/C=C\C/C=C\C/C=C\C/C=C\C/C=C\CCCCCCCCCCCCCCCCCC(=O)NC(COC1OC(CO)C(OC2OC(CO)C(O)C(O)C2O)C(O)C1O)C(O)/C=C/CC/C=C/CCCCCCCCCCCCCCCCCCCCCC. The van der Waals surface area contributed by atoms with E-state index in [4.69, 9.17) is 18.9 Å². The van der Waals surface area contributed by atoms with Crippen LogP contribution in [0.4, 0.5) is 0 Å². The van der Waals surface area contributed by atoms with Crippen molar-refractivity contribution in [2.75, 3.05) is 19.8 Å². The van der Waals surface area contributed by atoms with Crippen LogP contribution < -0.4 is 5.32 Å². The summed E-state index contributed by atoms with van der Waals surface area (Å²) in [6, 6.07) is -0.937. The summed E-state index contributed by atoms with van der Waals surface area (Å²) in [5.41, 5.74) is 0. The third-order valence-electron chi connectivity index (χ3n) is 17.8. The molecule has 2 fully saturated rings. The largest absolute Gasteiger partial charge is 0.394 e. The van der Waals surface area contributed by atoms with E-state index in [9.17, 15) is 45.6 Å². The smallest absolute Gasteiger partial charge is 0.220 e. The molecule has 14 nitrogen and oxygen atoms in total. The van der Waals surface area contributed by atoms with E-state index in [0.29, 0.717) is 12.8 Å². The van der Waals surface area contributed by atoms with E-state index in [1.165, 1.54) is 205 Å². The molecule has 14 heteroatoms. The maximum Gasteiger partial charge on any atom is 0.220 e. The Kier molecular flexibility index (Phi) is 56.3. The molecule has 0 spiro atoms. The van der Waals surface area contributed by atoms with Crippen molar-refractivity contribution in [3.05, 3.63) is 85.1 Å². The van der Waals surface area contributed by atoms with E-state index in [-0.39, 0.29) is 18.9 Å². The van der Waals surface area contributed by atoms with Crippen LogP contribution in [0.2, 0.25) is 0 Å². The molecule has 0 bridgehead atoms. The van der Waals surface area contributed by atoms with E-state index < -0.39 is 86.8 Å². The zero-order valence-corrected chi connectivity index (χ0v) is 57.6. The van der Waals surface area contributed by atoms with Gasteiger partial charge < -0.3 is 65.1 Å². The van der Waals surface area contributed by atoms with Gasteiger partial charge in [-0.15, -0.1) is 0 Å². The van der Waals surface area contributed by atoms with Gasteiger partial charge >= 0.3 is 0 Å². The van der Waals surface area contributed by atoms with Crippen molar-refractivity contribution in [1.29, 1.82) is 0 Å². The number of aliphatic hydroxyl groups is 8. The number of aliphatic hydroxyl groups excluding tert-OH is 8. The lowest BCUT2D eigenvalue weighted by molar-refractivity contribution is -0.359. The molecule has 0 aliphatic carbocycles. The second-order valence-corrected chi connectivity index (χ2v) is 26.0. The van der Waals surface area contributed by atoms with Crippen LogP contribution in [0.25, 0.3) is 0 Å². The summed E-state index contributed by atoms with van der Waals surface area (Å²) >= 11 is 0. The first-order valence-electron chi connectivity index (χ1n) is 37.3. The maximum absolute atomic E-state index is 13.4. The van der Waals surface area contributed by atoms with Crippen molar-refractivity contribution in [2.45, 2.75) is 376 Å². The molecule has 12 atom stereocenters. The lowest BCUT2D eigenvalue weighted by Gasteiger charge is -2.46. The molecule has 2 aliphatic heterocycles. The lowest BCUT2D eigenvalue weighted by atomic mass is 9.97. The van der Waals surface area contributed by atoms with Crippen LogP contribution >= 0.6 is 0 Å². The second kappa shape index (κ2) is 60.8. The number of ether oxygens (including phenoxy) is 4. The van der Waals surface area contributed by atoms with Crippen LogP contribution in [0.3, 0.4) is 0 Å². The number of carbonyl (C=O) groups excluding carboxylic acids is 1. The van der Waals surface area contributed by atoms with Gasteiger partial charge in [-0.2, -0.15) is 0 Å². The molecule has 0 aromatic carbocycles. The molecule has 0 aromatic rings. The summed E-state index contributed by atoms with van der Waals surface area (Å²) in [7, 11) is 0. The number of rotatable bonds is 61. The Morgan fingerprint density at radius 2 is 0.769 bits per heavy atom. The van der Waals surface area contributed by atoms with Crippen LogP contribution in [0.5, 0.6) is 0 Å². The van der Waals surface area contributed by atoms with Gasteiger partial charge in [0.25, 0.3) is 0 Å².